The van der Waals surface area contributed by atoms with E-state index < -0.39 is 0 Å². The van der Waals surface area contributed by atoms with E-state index in [4.69, 9.17) is 0 Å². The highest BCUT2D eigenvalue weighted by Crippen LogP contribution is 1.94. The molecule has 0 aromatic carbocycles. The minimum Gasteiger partial charge on any atom is -0.303 e. The molecule has 1 heteroatoms. The highest BCUT2D eigenvalue weighted by atomic mass is 16.1. The average molecular weight is 112 g/mol. The van der Waals surface area contributed by atoms with Gasteiger partial charge in [-0.05, 0) is 6.42 Å². The van der Waals surface area contributed by atoms with Crippen molar-refractivity contribution < 1.29 is 4.79 Å². The molecule has 8 heavy (non-hydrogen) atoms. The van der Waals surface area contributed by atoms with Gasteiger partial charge in [-0.1, -0.05) is 19.8 Å². The summed E-state index contributed by atoms with van der Waals surface area (Å²) in [6, 6.07) is 0. The van der Waals surface area contributed by atoms with Crippen molar-refractivity contribution >= 4 is 6.29 Å². The number of carbonyl (C=O) groups is 1. The minimum absolute atomic E-state index is 0. The fourth-order valence-electron chi connectivity index (χ4n) is 0.478. The molecule has 0 spiro atoms. The summed E-state index contributed by atoms with van der Waals surface area (Å²) in [5.74, 6) is 0. The van der Waals surface area contributed by atoms with Crippen LogP contribution >= 0.6 is 0 Å². The van der Waals surface area contributed by atoms with Crippen molar-refractivity contribution in [3.8, 4) is 0 Å². The lowest BCUT2D eigenvalue weighted by molar-refractivity contribution is -0.107. The Kier molecular flexibility index (Phi) is 13.0. The molecule has 0 fully saturated rings. The first-order valence-corrected chi connectivity index (χ1v) is 2.85. The third kappa shape index (κ3) is 9.18. The van der Waals surface area contributed by atoms with Gasteiger partial charge >= 0.3 is 0 Å². The van der Waals surface area contributed by atoms with Gasteiger partial charge in [0.05, 0.1) is 0 Å². The molecular formula is C7H12O. The van der Waals surface area contributed by atoms with Crippen molar-refractivity contribution in [2.24, 2.45) is 0 Å². The Bertz CT molecular complexity index is 41.7. The van der Waals surface area contributed by atoms with Crippen LogP contribution in [0.5, 0.6) is 0 Å². The summed E-state index contributed by atoms with van der Waals surface area (Å²) < 4.78 is 0. The first-order valence-electron chi connectivity index (χ1n) is 2.85. The SMILES string of the molecule is CCCCCC=O.[C]. The van der Waals surface area contributed by atoms with E-state index >= 15 is 0 Å². The molecule has 0 aliphatic heterocycles. The van der Waals surface area contributed by atoms with Crippen LogP contribution in [0.3, 0.4) is 0 Å². The standard InChI is InChI=1S/C6H12O.C/c1-2-3-4-5-6-7;/h6H,2-5H2,1H3;. The molecule has 0 heterocycles. The number of hydrogen-bond acceptors (Lipinski definition) is 1. The third-order valence-electron chi connectivity index (χ3n) is 0.926. The Morgan fingerprint density at radius 2 is 2.00 bits per heavy atom. The molecule has 0 aliphatic carbocycles. The van der Waals surface area contributed by atoms with Crippen LogP contribution in [0, 0.1) is 7.43 Å². The topological polar surface area (TPSA) is 17.1 Å². The van der Waals surface area contributed by atoms with E-state index in [1.54, 1.807) is 0 Å². The molecule has 0 aromatic heterocycles. The zero-order valence-electron chi connectivity index (χ0n) is 5.31. The molecule has 0 atom stereocenters. The zero-order valence-corrected chi connectivity index (χ0v) is 5.31. The van der Waals surface area contributed by atoms with Crippen LogP contribution in [0.25, 0.3) is 0 Å². The van der Waals surface area contributed by atoms with Crippen molar-refractivity contribution in [2.45, 2.75) is 32.6 Å². The van der Waals surface area contributed by atoms with Crippen LogP contribution in [-0.4, -0.2) is 6.29 Å². The maximum atomic E-state index is 9.68. The molecule has 0 bridgehead atoms. The molecule has 0 aliphatic rings. The van der Waals surface area contributed by atoms with Gasteiger partial charge < -0.3 is 4.79 Å². The van der Waals surface area contributed by atoms with Gasteiger partial charge in [0.15, 0.2) is 0 Å². The summed E-state index contributed by atoms with van der Waals surface area (Å²) in [5.41, 5.74) is 0. The second-order valence-corrected chi connectivity index (χ2v) is 1.66. The summed E-state index contributed by atoms with van der Waals surface area (Å²) in [6.45, 7) is 2.13. The van der Waals surface area contributed by atoms with Crippen LogP contribution < -0.4 is 0 Å². The van der Waals surface area contributed by atoms with Gasteiger partial charge in [-0.2, -0.15) is 0 Å². The Morgan fingerprint density at radius 3 is 2.38 bits per heavy atom. The Morgan fingerprint density at radius 1 is 1.38 bits per heavy atom. The first kappa shape index (κ1) is 10.6. The highest BCUT2D eigenvalue weighted by molar-refractivity contribution is 5.48. The summed E-state index contributed by atoms with van der Waals surface area (Å²) >= 11 is 0. The maximum Gasteiger partial charge on any atom is 0.119 e. The van der Waals surface area contributed by atoms with Crippen LogP contribution in [0.1, 0.15) is 32.6 Å². The lowest BCUT2D eigenvalue weighted by atomic mass is 10.2. The lowest BCUT2D eigenvalue weighted by Crippen LogP contribution is -1.73. The summed E-state index contributed by atoms with van der Waals surface area (Å²) in [6.07, 6.45) is 5.19. The number of rotatable bonds is 4. The number of hydrogen-bond donors (Lipinski definition) is 0. The molecule has 0 aromatic rings. The molecule has 0 N–H and O–H groups in total. The highest BCUT2D eigenvalue weighted by Gasteiger charge is 1.80. The molecule has 0 saturated heterocycles. The molecular weight excluding hydrogens is 100 g/mol. The predicted octanol–water partition coefficient (Wildman–Crippen LogP) is 1.85. The second-order valence-electron chi connectivity index (χ2n) is 1.66. The van der Waals surface area contributed by atoms with E-state index in [1.807, 2.05) is 0 Å². The van der Waals surface area contributed by atoms with Gasteiger partial charge in [-0.3, -0.25) is 0 Å². The monoisotopic (exact) mass is 112 g/mol. The molecule has 0 unspecified atom stereocenters. The van der Waals surface area contributed by atoms with Crippen molar-refractivity contribution in [1.29, 1.82) is 0 Å². The molecule has 4 radical (unpaired) electrons. The van der Waals surface area contributed by atoms with E-state index in [-0.39, 0.29) is 7.43 Å². The Balaban J connectivity index is 0. The van der Waals surface area contributed by atoms with Gasteiger partial charge in [0.1, 0.15) is 6.29 Å². The van der Waals surface area contributed by atoms with Gasteiger partial charge in [0.25, 0.3) is 0 Å². The molecule has 0 rings (SSSR count). The van der Waals surface area contributed by atoms with E-state index in [9.17, 15) is 4.79 Å². The number of carbonyl (C=O) groups excluding carboxylic acids is 1. The number of unbranched alkanes of at least 4 members (excludes halogenated alkanes) is 3. The summed E-state index contributed by atoms with van der Waals surface area (Å²) in [5, 5.41) is 0. The Hall–Kier alpha value is -0.330. The van der Waals surface area contributed by atoms with Crippen LogP contribution in [0.15, 0.2) is 0 Å². The average Bonchev–Trinajstić information content (AvgIpc) is 1.69. The summed E-state index contributed by atoms with van der Waals surface area (Å²) in [7, 11) is 0. The second kappa shape index (κ2) is 9.83. The van der Waals surface area contributed by atoms with Gasteiger partial charge in [-0.15, -0.1) is 0 Å². The van der Waals surface area contributed by atoms with E-state index in [1.165, 1.54) is 12.8 Å². The van der Waals surface area contributed by atoms with Crippen LogP contribution in [0.2, 0.25) is 0 Å². The van der Waals surface area contributed by atoms with Crippen LogP contribution in [0.4, 0.5) is 0 Å². The zero-order chi connectivity index (χ0) is 5.54. The molecule has 0 amide bonds. The van der Waals surface area contributed by atoms with Gasteiger partial charge in [0.2, 0.25) is 0 Å². The van der Waals surface area contributed by atoms with Crippen molar-refractivity contribution in [3.05, 3.63) is 7.43 Å². The van der Waals surface area contributed by atoms with Gasteiger partial charge in [0, 0.05) is 13.8 Å². The molecule has 0 saturated carbocycles. The molecule has 1 nitrogen and oxygen atoms in total. The van der Waals surface area contributed by atoms with Gasteiger partial charge in [-0.25, -0.2) is 0 Å². The van der Waals surface area contributed by atoms with Crippen molar-refractivity contribution in [1.82, 2.24) is 0 Å². The van der Waals surface area contributed by atoms with E-state index in [2.05, 4.69) is 6.92 Å². The minimum atomic E-state index is 0. The maximum absolute atomic E-state index is 9.68. The summed E-state index contributed by atoms with van der Waals surface area (Å²) in [4.78, 5) is 9.68. The van der Waals surface area contributed by atoms with E-state index in [0.717, 1.165) is 19.1 Å². The normalized spacial score (nSPS) is 7.62. The van der Waals surface area contributed by atoms with Crippen molar-refractivity contribution in [3.63, 3.8) is 0 Å². The molecule has 46 valence electrons. The van der Waals surface area contributed by atoms with Crippen molar-refractivity contribution in [2.75, 3.05) is 0 Å². The Labute approximate surface area is 52.1 Å². The third-order valence-corrected chi connectivity index (χ3v) is 0.926. The fraction of sp³-hybridized carbons (Fsp3) is 0.714. The first-order chi connectivity index (χ1) is 3.41. The smallest absolute Gasteiger partial charge is 0.119 e. The number of aldehydes is 1. The van der Waals surface area contributed by atoms with Crippen LogP contribution in [-0.2, 0) is 4.79 Å². The fourth-order valence-corrected chi connectivity index (χ4v) is 0.478. The quantitative estimate of drug-likeness (QED) is 0.400. The predicted molar refractivity (Wildman–Crippen MR) is 33.4 cm³/mol. The largest absolute Gasteiger partial charge is 0.303 e. The lowest BCUT2D eigenvalue weighted by Gasteiger charge is -1.85. The van der Waals surface area contributed by atoms with E-state index in [0.29, 0.717) is 0 Å².